The molecular formula is C6H6N4S. The van der Waals surface area contributed by atoms with Crippen molar-refractivity contribution in [2.75, 3.05) is 0 Å². The van der Waals surface area contributed by atoms with Crippen LogP contribution >= 0.6 is 12.6 Å². The lowest BCUT2D eigenvalue weighted by molar-refractivity contribution is 0.777. The minimum Gasteiger partial charge on any atom is -0.232 e. The quantitative estimate of drug-likeness (QED) is 0.463. The smallest absolute Gasteiger partial charge is 0.177 e. The zero-order chi connectivity index (χ0) is 7.84. The lowest BCUT2D eigenvalue weighted by atomic mass is 10.4. The Labute approximate surface area is 68.7 Å². The van der Waals surface area contributed by atoms with E-state index in [0.29, 0.717) is 0 Å². The Morgan fingerprint density at radius 3 is 3.18 bits per heavy atom. The summed E-state index contributed by atoms with van der Waals surface area (Å²) in [5, 5.41) is 8.25. The standard InChI is InChI=1S/C6H6N4S/c1-4-2-6(11)10-5(8-4)3-7-9-10/h2-3,11H,1H3. The summed E-state index contributed by atoms with van der Waals surface area (Å²) < 4.78 is 1.58. The van der Waals surface area contributed by atoms with Gasteiger partial charge in [0.1, 0.15) is 5.03 Å². The molecular weight excluding hydrogens is 160 g/mol. The molecule has 2 rings (SSSR count). The fraction of sp³-hybridized carbons (Fsp3) is 0.167. The first kappa shape index (κ1) is 6.60. The minimum absolute atomic E-state index is 0.731. The minimum atomic E-state index is 0.731. The average molecular weight is 166 g/mol. The van der Waals surface area contributed by atoms with E-state index in [2.05, 4.69) is 27.9 Å². The fourth-order valence-corrected chi connectivity index (χ4v) is 1.26. The third-order valence-electron chi connectivity index (χ3n) is 1.38. The highest BCUT2D eigenvalue weighted by Crippen LogP contribution is 2.08. The molecule has 11 heavy (non-hydrogen) atoms. The molecule has 0 aliphatic heterocycles. The SMILES string of the molecule is Cc1cc(S)n2nncc2n1. The second kappa shape index (κ2) is 2.20. The summed E-state index contributed by atoms with van der Waals surface area (Å²) in [5.41, 5.74) is 1.65. The number of rotatable bonds is 0. The van der Waals surface area contributed by atoms with E-state index < -0.39 is 0 Å². The van der Waals surface area contributed by atoms with Gasteiger partial charge in [-0.15, -0.1) is 17.7 Å². The van der Waals surface area contributed by atoms with Crippen LogP contribution in [0.5, 0.6) is 0 Å². The third kappa shape index (κ3) is 0.970. The molecule has 5 heteroatoms. The maximum atomic E-state index is 4.21. The lowest BCUT2D eigenvalue weighted by Gasteiger charge is -1.96. The van der Waals surface area contributed by atoms with Gasteiger partial charge in [-0.05, 0) is 13.0 Å². The monoisotopic (exact) mass is 166 g/mol. The average Bonchev–Trinajstić information content (AvgIpc) is 2.34. The molecule has 0 atom stereocenters. The van der Waals surface area contributed by atoms with E-state index in [1.165, 1.54) is 0 Å². The predicted octanol–water partition coefficient (Wildman–Crippen LogP) is 0.721. The van der Waals surface area contributed by atoms with E-state index in [1.54, 1.807) is 10.7 Å². The van der Waals surface area contributed by atoms with E-state index in [1.807, 2.05) is 13.0 Å². The van der Waals surface area contributed by atoms with Crippen molar-refractivity contribution in [2.24, 2.45) is 0 Å². The predicted molar refractivity (Wildman–Crippen MR) is 42.8 cm³/mol. The van der Waals surface area contributed by atoms with E-state index >= 15 is 0 Å². The Bertz CT molecular complexity index is 394. The van der Waals surface area contributed by atoms with Gasteiger partial charge in [-0.3, -0.25) is 0 Å². The molecule has 4 nitrogen and oxygen atoms in total. The lowest BCUT2D eigenvalue weighted by Crippen LogP contribution is -1.94. The molecule has 0 aliphatic carbocycles. The van der Waals surface area contributed by atoms with Crippen LogP contribution < -0.4 is 0 Å². The molecule has 56 valence electrons. The molecule has 0 saturated heterocycles. The highest BCUT2D eigenvalue weighted by atomic mass is 32.1. The Morgan fingerprint density at radius 2 is 2.36 bits per heavy atom. The van der Waals surface area contributed by atoms with Gasteiger partial charge in [-0.25, -0.2) is 4.98 Å². The summed E-state index contributed by atoms with van der Waals surface area (Å²) in [6.07, 6.45) is 1.60. The first-order valence-electron chi connectivity index (χ1n) is 3.14. The van der Waals surface area contributed by atoms with E-state index in [4.69, 9.17) is 0 Å². The molecule has 2 aromatic heterocycles. The first-order chi connectivity index (χ1) is 5.27. The van der Waals surface area contributed by atoms with Crippen LogP contribution in [-0.4, -0.2) is 19.8 Å². The molecule has 0 amide bonds. The van der Waals surface area contributed by atoms with Crippen LogP contribution in [0.1, 0.15) is 5.69 Å². The maximum Gasteiger partial charge on any atom is 0.177 e. The van der Waals surface area contributed by atoms with Gasteiger partial charge >= 0.3 is 0 Å². The summed E-state index contributed by atoms with van der Waals surface area (Å²) in [5.74, 6) is 0. The Morgan fingerprint density at radius 1 is 1.55 bits per heavy atom. The number of nitrogens with zero attached hydrogens (tertiary/aromatic N) is 4. The molecule has 0 fully saturated rings. The second-order valence-corrected chi connectivity index (χ2v) is 2.72. The zero-order valence-corrected chi connectivity index (χ0v) is 6.79. The van der Waals surface area contributed by atoms with Crippen molar-refractivity contribution < 1.29 is 0 Å². The van der Waals surface area contributed by atoms with Crippen LogP contribution in [0, 0.1) is 6.92 Å². The first-order valence-corrected chi connectivity index (χ1v) is 3.59. The van der Waals surface area contributed by atoms with Gasteiger partial charge in [0.2, 0.25) is 0 Å². The molecule has 0 bridgehead atoms. The topological polar surface area (TPSA) is 43.1 Å². The van der Waals surface area contributed by atoms with Crippen LogP contribution in [0.4, 0.5) is 0 Å². The van der Waals surface area contributed by atoms with Crippen molar-refractivity contribution in [2.45, 2.75) is 11.9 Å². The Kier molecular flexibility index (Phi) is 1.32. The fourth-order valence-electron chi connectivity index (χ4n) is 0.930. The van der Waals surface area contributed by atoms with Gasteiger partial charge in [0.25, 0.3) is 0 Å². The summed E-state index contributed by atoms with van der Waals surface area (Å²) in [6, 6.07) is 1.84. The van der Waals surface area contributed by atoms with Crippen LogP contribution in [0.2, 0.25) is 0 Å². The Hall–Kier alpha value is -1.10. The van der Waals surface area contributed by atoms with Gasteiger partial charge < -0.3 is 0 Å². The molecule has 0 unspecified atom stereocenters. The van der Waals surface area contributed by atoms with Gasteiger partial charge in [-0.2, -0.15) is 4.52 Å². The molecule has 0 aliphatic rings. The molecule has 0 radical (unpaired) electrons. The van der Waals surface area contributed by atoms with Crippen LogP contribution in [-0.2, 0) is 0 Å². The summed E-state index contributed by atoms with van der Waals surface area (Å²) in [7, 11) is 0. The summed E-state index contributed by atoms with van der Waals surface area (Å²) >= 11 is 4.21. The van der Waals surface area contributed by atoms with Gasteiger partial charge in [0, 0.05) is 5.69 Å². The van der Waals surface area contributed by atoms with E-state index in [9.17, 15) is 0 Å². The summed E-state index contributed by atoms with van der Waals surface area (Å²) in [6.45, 7) is 1.91. The summed E-state index contributed by atoms with van der Waals surface area (Å²) in [4.78, 5) is 4.19. The van der Waals surface area contributed by atoms with Crippen LogP contribution in [0.3, 0.4) is 0 Å². The van der Waals surface area contributed by atoms with Gasteiger partial charge in [-0.1, -0.05) is 5.21 Å². The molecule has 2 aromatic rings. The number of thiol groups is 1. The second-order valence-electron chi connectivity index (χ2n) is 2.26. The van der Waals surface area contributed by atoms with E-state index in [0.717, 1.165) is 16.4 Å². The zero-order valence-electron chi connectivity index (χ0n) is 5.89. The molecule has 0 aromatic carbocycles. The molecule has 0 N–H and O–H groups in total. The highest BCUT2D eigenvalue weighted by Gasteiger charge is 1.99. The van der Waals surface area contributed by atoms with Crippen LogP contribution in [0.15, 0.2) is 17.3 Å². The van der Waals surface area contributed by atoms with Crippen LogP contribution in [0.25, 0.3) is 5.65 Å². The number of aromatic nitrogens is 4. The maximum absolute atomic E-state index is 4.21. The number of fused-ring (bicyclic) bond motifs is 1. The molecule has 0 spiro atoms. The van der Waals surface area contributed by atoms with Gasteiger partial charge in [0.15, 0.2) is 5.65 Å². The third-order valence-corrected chi connectivity index (χ3v) is 1.70. The Balaban J connectivity index is 2.91. The normalized spacial score (nSPS) is 10.7. The molecule has 2 heterocycles. The van der Waals surface area contributed by atoms with Gasteiger partial charge in [0.05, 0.1) is 6.20 Å². The number of hydrogen-bond donors (Lipinski definition) is 1. The molecule has 0 saturated carbocycles. The van der Waals surface area contributed by atoms with Crippen molar-refractivity contribution in [3.63, 3.8) is 0 Å². The van der Waals surface area contributed by atoms with Crippen molar-refractivity contribution in [1.82, 2.24) is 19.8 Å². The number of aryl methyl sites for hydroxylation is 1. The largest absolute Gasteiger partial charge is 0.232 e. The van der Waals surface area contributed by atoms with Crippen molar-refractivity contribution in [3.8, 4) is 0 Å². The highest BCUT2D eigenvalue weighted by molar-refractivity contribution is 7.80. The van der Waals surface area contributed by atoms with Crippen molar-refractivity contribution >= 4 is 18.3 Å². The number of hydrogen-bond acceptors (Lipinski definition) is 4. The van der Waals surface area contributed by atoms with Crippen molar-refractivity contribution in [3.05, 3.63) is 18.0 Å². The van der Waals surface area contributed by atoms with E-state index in [-0.39, 0.29) is 0 Å². The van der Waals surface area contributed by atoms with Crippen molar-refractivity contribution in [1.29, 1.82) is 0 Å².